The van der Waals surface area contributed by atoms with Crippen molar-refractivity contribution >= 4 is 11.8 Å². The number of amides is 2. The van der Waals surface area contributed by atoms with E-state index in [1.54, 1.807) is 24.3 Å². The number of hydrogen-bond acceptors (Lipinski definition) is 4. The molecule has 1 aromatic heterocycles. The van der Waals surface area contributed by atoms with Crippen molar-refractivity contribution in [3.63, 3.8) is 0 Å². The molecule has 1 atom stereocenters. The summed E-state index contributed by atoms with van der Waals surface area (Å²) in [6.45, 7) is 4.03. The van der Waals surface area contributed by atoms with Gasteiger partial charge in [-0.15, -0.1) is 0 Å². The van der Waals surface area contributed by atoms with Gasteiger partial charge in [0.1, 0.15) is 11.7 Å². The zero-order valence-electron chi connectivity index (χ0n) is 18.4. The highest BCUT2D eigenvalue weighted by Gasteiger charge is 2.23. The zero-order chi connectivity index (χ0) is 23.4. The Labute approximate surface area is 192 Å². The number of benzene rings is 3. The summed E-state index contributed by atoms with van der Waals surface area (Å²) in [5.74, 6) is -1.18. The molecule has 1 heterocycles. The molecule has 0 spiro atoms. The molecule has 4 rings (SSSR count). The van der Waals surface area contributed by atoms with Gasteiger partial charge in [-0.25, -0.2) is 4.98 Å². The molecule has 6 heteroatoms. The van der Waals surface area contributed by atoms with Crippen LogP contribution >= 0.6 is 0 Å². The average molecular weight is 437 g/mol. The van der Waals surface area contributed by atoms with Gasteiger partial charge in [0.05, 0.1) is 17.6 Å². The predicted molar refractivity (Wildman–Crippen MR) is 128 cm³/mol. The summed E-state index contributed by atoms with van der Waals surface area (Å²) in [6, 6.07) is 23.7. The molecule has 6 nitrogen and oxygen atoms in total. The largest absolute Gasteiger partial charge is 0.368 e. The van der Waals surface area contributed by atoms with E-state index in [4.69, 9.17) is 5.73 Å². The van der Waals surface area contributed by atoms with E-state index in [1.165, 1.54) is 6.20 Å². The summed E-state index contributed by atoms with van der Waals surface area (Å²) in [5.41, 5.74) is 11.5. The second-order valence-electron chi connectivity index (χ2n) is 7.90. The minimum Gasteiger partial charge on any atom is -0.368 e. The average Bonchev–Trinajstić information content (AvgIpc) is 2.83. The van der Waals surface area contributed by atoms with E-state index in [9.17, 15) is 9.59 Å². The number of nitrogens with one attached hydrogen (secondary N) is 1. The Bertz CT molecular complexity index is 1280. The van der Waals surface area contributed by atoms with E-state index in [-0.39, 0.29) is 5.69 Å². The van der Waals surface area contributed by atoms with Crippen LogP contribution in [0.15, 0.2) is 85.1 Å². The van der Waals surface area contributed by atoms with Gasteiger partial charge in [0.2, 0.25) is 5.91 Å². The molecule has 0 saturated heterocycles. The first-order chi connectivity index (χ1) is 15.9. The number of rotatable bonds is 6. The quantitative estimate of drug-likeness (QED) is 0.468. The summed E-state index contributed by atoms with van der Waals surface area (Å²) in [7, 11) is 0. The fourth-order valence-corrected chi connectivity index (χ4v) is 3.50. The van der Waals surface area contributed by atoms with Crippen molar-refractivity contribution in [2.24, 2.45) is 5.73 Å². The molecule has 0 aliphatic rings. The Morgan fingerprint density at radius 1 is 0.788 bits per heavy atom. The van der Waals surface area contributed by atoms with E-state index in [0.29, 0.717) is 17.0 Å². The smallest absolute Gasteiger partial charge is 0.272 e. The van der Waals surface area contributed by atoms with E-state index >= 15 is 0 Å². The summed E-state index contributed by atoms with van der Waals surface area (Å²) in [4.78, 5) is 34.3. The molecule has 3 aromatic carbocycles. The number of aryl methyl sites for hydroxylation is 2. The van der Waals surface area contributed by atoms with Gasteiger partial charge in [-0.2, -0.15) is 0 Å². The number of nitrogens with two attached hydrogens (primary N) is 1. The molecule has 33 heavy (non-hydrogen) atoms. The van der Waals surface area contributed by atoms with Gasteiger partial charge in [0.25, 0.3) is 5.91 Å². The maximum Gasteiger partial charge on any atom is 0.272 e. The molecule has 0 aliphatic heterocycles. The van der Waals surface area contributed by atoms with Crippen molar-refractivity contribution in [2.45, 2.75) is 19.9 Å². The van der Waals surface area contributed by atoms with Gasteiger partial charge in [-0.3, -0.25) is 14.6 Å². The Morgan fingerprint density at radius 3 is 1.88 bits per heavy atom. The molecular formula is C27H24N4O2. The molecule has 164 valence electrons. The monoisotopic (exact) mass is 436 g/mol. The van der Waals surface area contributed by atoms with Gasteiger partial charge in [-0.05, 0) is 19.4 Å². The highest BCUT2D eigenvalue weighted by Crippen LogP contribution is 2.29. The number of nitrogens with zero attached hydrogens (tertiary/aromatic N) is 2. The maximum atomic E-state index is 13.0. The van der Waals surface area contributed by atoms with Crippen molar-refractivity contribution in [1.82, 2.24) is 15.3 Å². The Hall–Kier alpha value is -4.32. The second-order valence-corrected chi connectivity index (χ2v) is 7.90. The summed E-state index contributed by atoms with van der Waals surface area (Å²) in [5, 5.41) is 2.69. The first-order valence-electron chi connectivity index (χ1n) is 10.6. The summed E-state index contributed by atoms with van der Waals surface area (Å²) >= 11 is 0. The highest BCUT2D eigenvalue weighted by atomic mass is 16.2. The van der Waals surface area contributed by atoms with Gasteiger partial charge < -0.3 is 11.1 Å². The Morgan fingerprint density at radius 2 is 1.33 bits per heavy atom. The molecule has 0 unspecified atom stereocenters. The molecule has 0 bridgehead atoms. The standard InChI is InChI=1S/C27H24N4O2/c1-17-8-12-20(13-9-17)23-24(21-14-10-18(2)11-15-21)30-22(16-29-23)27(33)31-25(26(28)32)19-6-4-3-5-7-19/h3-16,25H,1-2H3,(H2,28,32)(H,31,33)/t25-/m1/s1. The van der Waals surface area contributed by atoms with Crippen LogP contribution in [0.1, 0.15) is 33.2 Å². The normalized spacial score (nSPS) is 11.6. The van der Waals surface area contributed by atoms with Crippen LogP contribution in [0.25, 0.3) is 22.5 Å². The first kappa shape index (κ1) is 21.9. The number of primary amides is 1. The third kappa shape index (κ3) is 4.96. The molecule has 2 amide bonds. The fourth-order valence-electron chi connectivity index (χ4n) is 3.50. The summed E-state index contributed by atoms with van der Waals surface area (Å²) < 4.78 is 0. The molecular weight excluding hydrogens is 412 g/mol. The van der Waals surface area contributed by atoms with Crippen LogP contribution in [-0.2, 0) is 4.79 Å². The Kier molecular flexibility index (Phi) is 6.26. The second kappa shape index (κ2) is 9.44. The van der Waals surface area contributed by atoms with Crippen molar-refractivity contribution in [3.8, 4) is 22.5 Å². The van der Waals surface area contributed by atoms with Crippen molar-refractivity contribution in [1.29, 1.82) is 0 Å². The van der Waals surface area contributed by atoms with Crippen molar-refractivity contribution in [2.75, 3.05) is 0 Å². The molecule has 4 aromatic rings. The first-order valence-corrected chi connectivity index (χ1v) is 10.6. The van der Waals surface area contributed by atoms with Crippen molar-refractivity contribution in [3.05, 3.63) is 107 Å². The lowest BCUT2D eigenvalue weighted by Gasteiger charge is -2.16. The maximum absolute atomic E-state index is 13.0. The van der Waals surface area contributed by atoms with Crippen LogP contribution in [-0.4, -0.2) is 21.8 Å². The predicted octanol–water partition coefficient (Wildman–Crippen LogP) is 4.38. The van der Waals surface area contributed by atoms with Gasteiger partial charge >= 0.3 is 0 Å². The lowest BCUT2D eigenvalue weighted by Crippen LogP contribution is -2.37. The number of hydrogen-bond donors (Lipinski definition) is 2. The SMILES string of the molecule is Cc1ccc(-c2ncc(C(=O)N[C@@H](C(N)=O)c3ccccc3)nc2-c2ccc(C)cc2)cc1. The third-order valence-electron chi connectivity index (χ3n) is 5.35. The van der Waals surface area contributed by atoms with E-state index in [0.717, 1.165) is 22.3 Å². The van der Waals surface area contributed by atoms with Gasteiger partial charge in [0, 0.05) is 11.1 Å². The zero-order valence-corrected chi connectivity index (χ0v) is 18.4. The lowest BCUT2D eigenvalue weighted by molar-refractivity contribution is -0.120. The number of carbonyl (C=O) groups excluding carboxylic acids is 2. The minimum absolute atomic E-state index is 0.101. The highest BCUT2D eigenvalue weighted by molar-refractivity contribution is 5.97. The van der Waals surface area contributed by atoms with Crippen LogP contribution in [0.4, 0.5) is 0 Å². The van der Waals surface area contributed by atoms with Crippen molar-refractivity contribution < 1.29 is 9.59 Å². The lowest BCUT2D eigenvalue weighted by atomic mass is 10.0. The molecule has 3 N–H and O–H groups in total. The molecule has 0 saturated carbocycles. The van der Waals surface area contributed by atoms with Gasteiger partial charge in [0.15, 0.2) is 0 Å². The van der Waals surface area contributed by atoms with Crippen LogP contribution in [0, 0.1) is 13.8 Å². The molecule has 0 aliphatic carbocycles. The number of aromatic nitrogens is 2. The third-order valence-corrected chi connectivity index (χ3v) is 5.35. The number of carbonyl (C=O) groups is 2. The van der Waals surface area contributed by atoms with E-state index in [2.05, 4.69) is 15.3 Å². The molecule has 0 radical (unpaired) electrons. The van der Waals surface area contributed by atoms with Crippen LogP contribution in [0.3, 0.4) is 0 Å². The van der Waals surface area contributed by atoms with Crippen LogP contribution in [0.2, 0.25) is 0 Å². The Balaban J connectivity index is 1.74. The molecule has 0 fully saturated rings. The van der Waals surface area contributed by atoms with E-state index in [1.807, 2.05) is 68.4 Å². The fraction of sp³-hybridized carbons (Fsp3) is 0.111. The topological polar surface area (TPSA) is 98.0 Å². The summed E-state index contributed by atoms with van der Waals surface area (Å²) in [6.07, 6.45) is 1.42. The minimum atomic E-state index is -0.972. The van der Waals surface area contributed by atoms with E-state index < -0.39 is 17.9 Å². The van der Waals surface area contributed by atoms with Crippen LogP contribution < -0.4 is 11.1 Å². The van der Waals surface area contributed by atoms with Crippen LogP contribution in [0.5, 0.6) is 0 Å². The van der Waals surface area contributed by atoms with Gasteiger partial charge in [-0.1, -0.05) is 90.0 Å².